The van der Waals surface area contributed by atoms with Gasteiger partial charge in [-0.1, -0.05) is 0 Å². The molecule has 0 bridgehead atoms. The monoisotopic (exact) mass is 108 g/mol. The summed E-state index contributed by atoms with van der Waals surface area (Å²) in [6, 6.07) is 0. The Morgan fingerprint density at radius 1 is 2.00 bits per heavy atom. The molecule has 5 heavy (non-hydrogen) atoms. The van der Waals surface area contributed by atoms with Crippen LogP contribution in [0.3, 0.4) is 0 Å². The maximum Gasteiger partial charge on any atom is 0.108 e. The van der Waals surface area contributed by atoms with E-state index >= 15 is 0 Å². The van der Waals surface area contributed by atoms with Gasteiger partial charge in [0, 0.05) is 27.2 Å². The molecule has 0 heterocycles. The van der Waals surface area contributed by atoms with Crippen LogP contribution in [-0.4, -0.2) is 0 Å². The van der Waals surface area contributed by atoms with Gasteiger partial charge in [0.1, 0.15) is 5.22 Å². The summed E-state index contributed by atoms with van der Waals surface area (Å²) in [6.07, 6.45) is 0. The number of hydrogen-bond acceptors (Lipinski definition) is 1. The average molecular weight is 108 g/mol. The van der Waals surface area contributed by atoms with Crippen molar-refractivity contribution in [1.29, 1.82) is 0 Å². The molecular weight excluding hydrogens is 104 g/mol. The SMILES string of the molecule is [H-].[N-]=[N+]=N[NH3+].[Ti]. The van der Waals surface area contributed by atoms with Crippen LogP contribution in [-0.2, 0) is 21.7 Å². The van der Waals surface area contributed by atoms with Gasteiger partial charge in [-0.15, -0.1) is 0 Å². The fraction of sp³-hybridized carbons (Fsp3) is 0. The number of quaternary nitrogens is 1. The number of azide groups is 1. The molecule has 0 saturated heterocycles. The van der Waals surface area contributed by atoms with Crippen molar-refractivity contribution >= 4 is 0 Å². The van der Waals surface area contributed by atoms with Gasteiger partial charge in [-0.25, -0.2) is 5.84 Å². The largest absolute Gasteiger partial charge is 1.00 e. The third kappa shape index (κ3) is 16.2. The van der Waals surface area contributed by atoms with E-state index in [1.165, 1.54) is 0 Å². The Labute approximate surface area is 45.3 Å². The van der Waals surface area contributed by atoms with Crippen molar-refractivity contribution in [2.45, 2.75) is 0 Å². The molecule has 28 valence electrons. The van der Waals surface area contributed by atoms with E-state index in [2.05, 4.69) is 16.0 Å². The Kier molecular flexibility index (Phi) is 16.0. The first-order valence-corrected chi connectivity index (χ1v) is 0.716. The van der Waals surface area contributed by atoms with Crippen molar-refractivity contribution in [2.24, 2.45) is 5.22 Å². The van der Waals surface area contributed by atoms with Gasteiger partial charge < -0.3 is 1.43 Å². The van der Waals surface area contributed by atoms with Crippen molar-refractivity contribution < 1.29 is 29.0 Å². The van der Waals surface area contributed by atoms with Crippen LogP contribution >= 0.6 is 0 Å². The number of nitrogens with zero attached hydrogens (tertiary/aromatic N) is 3. The van der Waals surface area contributed by atoms with Gasteiger partial charge in [0.05, 0.1) is 4.91 Å². The van der Waals surface area contributed by atoms with E-state index in [4.69, 9.17) is 5.53 Å². The van der Waals surface area contributed by atoms with Crippen LogP contribution in [0.15, 0.2) is 5.22 Å². The molecule has 0 aliphatic rings. The molecule has 0 rings (SSSR count). The third-order valence-electron chi connectivity index (χ3n) is 0.0632. The van der Waals surface area contributed by atoms with Crippen LogP contribution < -0.4 is 5.84 Å². The smallest absolute Gasteiger partial charge is 0.108 e. The fourth-order valence-corrected chi connectivity index (χ4v) is 0. The van der Waals surface area contributed by atoms with E-state index in [1.54, 1.807) is 0 Å². The number of hydrogen-bond donors (Lipinski definition) is 1. The molecule has 0 radical (unpaired) electrons. The standard InChI is InChI=1S/H2N4.Ti.H/c1-3-4-2;;/h1H2;;/q;;-1/p+1. The molecule has 0 atom stereocenters. The summed E-state index contributed by atoms with van der Waals surface area (Å²) in [5, 5.41) is 2.67. The molecule has 0 amide bonds. The molecule has 0 aromatic carbocycles. The number of rotatable bonds is 0. The zero-order chi connectivity index (χ0) is 3.41. The van der Waals surface area contributed by atoms with Crippen molar-refractivity contribution in [2.75, 3.05) is 0 Å². The van der Waals surface area contributed by atoms with Gasteiger partial charge in [0.15, 0.2) is 0 Å². The van der Waals surface area contributed by atoms with E-state index in [1.807, 2.05) is 0 Å². The second kappa shape index (κ2) is 9.01. The maximum absolute atomic E-state index is 7.27. The zero-order valence-electron chi connectivity index (χ0n) is 3.55. The molecule has 0 aromatic rings. The minimum Gasteiger partial charge on any atom is -1.00 e. The second-order valence-corrected chi connectivity index (χ2v) is 0.231. The molecule has 0 aromatic heterocycles. The summed E-state index contributed by atoms with van der Waals surface area (Å²) in [5.74, 6) is 2.81. The van der Waals surface area contributed by atoms with Gasteiger partial charge in [-0.3, -0.25) is 0 Å². The van der Waals surface area contributed by atoms with Crippen LogP contribution in [0.4, 0.5) is 0 Å². The van der Waals surface area contributed by atoms with Crippen LogP contribution in [0, 0.1) is 0 Å². The van der Waals surface area contributed by atoms with Gasteiger partial charge in [0.2, 0.25) is 0 Å². The first kappa shape index (κ1) is 8.88. The molecule has 0 aliphatic carbocycles. The minimum absolute atomic E-state index is 0. The third-order valence-corrected chi connectivity index (χ3v) is 0.0632. The van der Waals surface area contributed by atoms with E-state index in [0.29, 0.717) is 0 Å². The Bertz CT molecular complexity index is 45.5. The first-order valence-electron chi connectivity index (χ1n) is 0.716. The van der Waals surface area contributed by atoms with Crippen molar-refractivity contribution in [1.82, 2.24) is 0 Å². The normalized spacial score (nSPS) is 3.40. The fourth-order valence-electron chi connectivity index (χ4n) is 0. The second-order valence-electron chi connectivity index (χ2n) is 0.231. The Hall–Kier alpha value is -0.0157. The Morgan fingerprint density at radius 2 is 2.20 bits per heavy atom. The predicted octanol–water partition coefficient (Wildman–Crippen LogP) is -0.436. The topological polar surface area (TPSA) is 76.4 Å². The molecule has 0 aliphatic heterocycles. The van der Waals surface area contributed by atoms with Gasteiger partial charge in [-0.2, -0.15) is 0 Å². The van der Waals surface area contributed by atoms with Gasteiger partial charge >= 0.3 is 0 Å². The van der Waals surface area contributed by atoms with Crippen molar-refractivity contribution in [3.63, 3.8) is 0 Å². The molecule has 0 spiro atoms. The summed E-state index contributed by atoms with van der Waals surface area (Å²) in [5.41, 5.74) is 7.27. The average Bonchev–Trinajstić information content (AvgIpc) is 1.37. The van der Waals surface area contributed by atoms with Crippen LogP contribution in [0.1, 0.15) is 1.43 Å². The summed E-state index contributed by atoms with van der Waals surface area (Å²) in [6.45, 7) is 0. The molecule has 3 N–H and O–H groups in total. The molecular formula is H4N4Ti. The minimum atomic E-state index is 0. The van der Waals surface area contributed by atoms with Crippen molar-refractivity contribution in [3.05, 3.63) is 10.4 Å². The van der Waals surface area contributed by atoms with Crippen molar-refractivity contribution in [3.8, 4) is 0 Å². The summed E-state index contributed by atoms with van der Waals surface area (Å²) >= 11 is 0. The van der Waals surface area contributed by atoms with Crippen LogP contribution in [0.2, 0.25) is 0 Å². The molecule has 0 unspecified atom stereocenters. The summed E-state index contributed by atoms with van der Waals surface area (Å²) in [7, 11) is 0. The van der Waals surface area contributed by atoms with E-state index in [-0.39, 0.29) is 23.1 Å². The quantitative estimate of drug-likeness (QED) is 0.143. The first-order chi connectivity index (χ1) is 1.91. The Morgan fingerprint density at radius 3 is 2.20 bits per heavy atom. The molecule has 4 nitrogen and oxygen atoms in total. The van der Waals surface area contributed by atoms with E-state index in [9.17, 15) is 0 Å². The van der Waals surface area contributed by atoms with Gasteiger partial charge in [0.25, 0.3) is 0 Å². The van der Waals surface area contributed by atoms with Gasteiger partial charge in [-0.05, 0) is 0 Å². The summed E-state index contributed by atoms with van der Waals surface area (Å²) < 4.78 is 0. The molecule has 0 saturated carbocycles. The Balaban J connectivity index is -0.0000000450. The van der Waals surface area contributed by atoms with Crippen LogP contribution in [0.25, 0.3) is 10.4 Å². The van der Waals surface area contributed by atoms with E-state index < -0.39 is 0 Å². The molecule has 5 heteroatoms. The molecule has 0 fully saturated rings. The predicted molar refractivity (Wildman–Crippen MR) is 13.1 cm³/mol. The zero-order valence-corrected chi connectivity index (χ0v) is 4.11. The van der Waals surface area contributed by atoms with E-state index in [0.717, 1.165) is 0 Å². The summed E-state index contributed by atoms with van der Waals surface area (Å²) in [4.78, 5) is 2.25. The maximum atomic E-state index is 7.27. The van der Waals surface area contributed by atoms with Crippen LogP contribution in [0.5, 0.6) is 0 Å².